The molecule has 8 nitrogen and oxygen atoms in total. The number of allylic oxidation sites excluding steroid dienone is 3. The molecule has 2 N–H and O–H groups in total. The number of nitrogens with zero attached hydrogens (tertiary/aromatic N) is 3. The summed E-state index contributed by atoms with van der Waals surface area (Å²) in [5.74, 6) is -1.60. The van der Waals surface area contributed by atoms with E-state index >= 15 is 8.78 Å². The molecule has 2 aromatic heterocycles. The lowest BCUT2D eigenvalue weighted by Gasteiger charge is -2.19. The number of para-hydroxylation sites is 2. The molecule has 0 aliphatic heterocycles. The minimum absolute atomic E-state index is 0.269. The molecule has 0 atom stereocenters. The van der Waals surface area contributed by atoms with Gasteiger partial charge in [-0.1, -0.05) is 85.5 Å². The monoisotopic (exact) mass is 729 g/mol. The number of carbonyl (C=O) groups is 1. The highest BCUT2D eigenvalue weighted by Gasteiger charge is 2.26. The molecule has 268 valence electrons. The Hall–Kier alpha value is -6.17. The molecule has 4 aromatic carbocycles. The number of amides is 2. The summed E-state index contributed by atoms with van der Waals surface area (Å²) in [6.45, 7) is 6.09. The van der Waals surface area contributed by atoms with Crippen molar-refractivity contribution in [2.45, 2.75) is 20.0 Å². The number of rotatable bonds is 12. The zero-order valence-corrected chi connectivity index (χ0v) is 30.0. The van der Waals surface area contributed by atoms with Crippen molar-refractivity contribution in [2.75, 3.05) is 24.2 Å². The van der Waals surface area contributed by atoms with Gasteiger partial charge in [-0.3, -0.25) is 14.3 Å². The van der Waals surface area contributed by atoms with E-state index in [0.29, 0.717) is 40.6 Å². The second-order valence-electron chi connectivity index (χ2n) is 12.3. The maximum atomic E-state index is 15.1. The molecule has 0 aliphatic rings. The Morgan fingerprint density at radius 1 is 0.849 bits per heavy atom. The second-order valence-corrected chi connectivity index (χ2v) is 13.3. The summed E-state index contributed by atoms with van der Waals surface area (Å²) in [4.78, 5) is 44.6. The van der Waals surface area contributed by atoms with Gasteiger partial charge < -0.3 is 10.6 Å². The van der Waals surface area contributed by atoms with Crippen molar-refractivity contribution in [1.29, 1.82) is 0 Å². The molecule has 11 heteroatoms. The van der Waals surface area contributed by atoms with Gasteiger partial charge in [0.25, 0.3) is 5.56 Å². The number of carbonyl (C=O) groups excluding carboxylic acids is 1. The van der Waals surface area contributed by atoms with Crippen LogP contribution in [0.3, 0.4) is 0 Å². The number of hydrogen-bond acceptors (Lipinski definition) is 5. The summed E-state index contributed by atoms with van der Waals surface area (Å²) in [5, 5.41) is 5.89. The van der Waals surface area contributed by atoms with Gasteiger partial charge in [-0.2, -0.15) is 0 Å². The number of thiophene rings is 1. The van der Waals surface area contributed by atoms with Gasteiger partial charge in [-0.25, -0.2) is 22.9 Å². The fourth-order valence-corrected chi connectivity index (χ4v) is 7.33. The molecule has 0 unspecified atom stereocenters. The molecule has 0 spiro atoms. The minimum atomic E-state index is -0.801. The van der Waals surface area contributed by atoms with Gasteiger partial charge in [0, 0.05) is 34.9 Å². The predicted octanol–water partition coefficient (Wildman–Crippen LogP) is 8.97. The van der Waals surface area contributed by atoms with E-state index in [4.69, 9.17) is 0 Å². The Labute approximate surface area is 309 Å². The Kier molecular flexibility index (Phi) is 11.4. The lowest BCUT2D eigenvalue weighted by molar-refractivity contribution is 0.262. The maximum Gasteiger partial charge on any atom is 0.337 e. The van der Waals surface area contributed by atoms with E-state index < -0.39 is 35.5 Å². The van der Waals surface area contributed by atoms with Crippen LogP contribution in [0.25, 0.3) is 26.3 Å². The van der Waals surface area contributed by atoms with E-state index in [-0.39, 0.29) is 15.8 Å². The van der Waals surface area contributed by atoms with Crippen molar-refractivity contribution in [1.82, 2.24) is 14.0 Å². The average molecular weight is 730 g/mol. The van der Waals surface area contributed by atoms with Gasteiger partial charge in [0.2, 0.25) is 0 Å². The summed E-state index contributed by atoms with van der Waals surface area (Å²) >= 11 is 1.21. The largest absolute Gasteiger partial charge is 0.337 e. The van der Waals surface area contributed by atoms with Crippen LogP contribution in [0.2, 0.25) is 0 Å². The van der Waals surface area contributed by atoms with E-state index in [0.717, 1.165) is 27.8 Å². The first-order valence-corrected chi connectivity index (χ1v) is 17.7. The topological polar surface area (TPSA) is 88.4 Å². The van der Waals surface area contributed by atoms with Crippen LogP contribution in [0.15, 0.2) is 149 Å². The van der Waals surface area contributed by atoms with Crippen LogP contribution in [0.1, 0.15) is 18.1 Å². The summed E-state index contributed by atoms with van der Waals surface area (Å²) in [7, 11) is 1.93. The Morgan fingerprint density at radius 2 is 1.47 bits per heavy atom. The number of urea groups is 1. The highest BCUT2D eigenvalue weighted by Crippen LogP contribution is 2.38. The fraction of sp³-hybridized carbons (Fsp3) is 0.119. The number of nitrogens with one attached hydrogen (secondary N) is 2. The smallest absolute Gasteiger partial charge is 0.308 e. The molecular weight excluding hydrogens is 693 g/mol. The van der Waals surface area contributed by atoms with E-state index in [1.165, 1.54) is 22.0 Å². The summed E-state index contributed by atoms with van der Waals surface area (Å²) in [6, 6.07) is 27.8. The van der Waals surface area contributed by atoms with Crippen molar-refractivity contribution in [3.05, 3.63) is 183 Å². The lowest BCUT2D eigenvalue weighted by atomic mass is 10.1. The molecule has 0 saturated carbocycles. The van der Waals surface area contributed by atoms with Crippen LogP contribution < -0.4 is 21.9 Å². The first-order valence-electron chi connectivity index (χ1n) is 16.8. The van der Waals surface area contributed by atoms with Crippen LogP contribution in [-0.2, 0) is 13.1 Å². The van der Waals surface area contributed by atoms with Gasteiger partial charge in [0.1, 0.15) is 16.5 Å². The van der Waals surface area contributed by atoms with Crippen molar-refractivity contribution >= 4 is 39.0 Å². The van der Waals surface area contributed by atoms with Crippen molar-refractivity contribution in [3.8, 4) is 16.1 Å². The molecular formula is C42H37F2N5O3S. The minimum Gasteiger partial charge on any atom is -0.308 e. The Morgan fingerprint density at radius 3 is 2.09 bits per heavy atom. The van der Waals surface area contributed by atoms with Gasteiger partial charge in [-0.15, -0.1) is 11.3 Å². The molecule has 0 saturated heterocycles. The number of likely N-dealkylation sites (N-methyl/N-ethyl adjacent to an activating group) is 1. The van der Waals surface area contributed by atoms with Crippen LogP contribution in [0, 0.1) is 11.6 Å². The van der Waals surface area contributed by atoms with Gasteiger partial charge in [0.05, 0.1) is 17.6 Å². The summed E-state index contributed by atoms with van der Waals surface area (Å²) in [6.07, 6.45) is 7.50. The van der Waals surface area contributed by atoms with Gasteiger partial charge in [0.15, 0.2) is 0 Å². The van der Waals surface area contributed by atoms with Gasteiger partial charge in [-0.05, 0) is 79.2 Å². The molecule has 53 heavy (non-hydrogen) atoms. The number of benzene rings is 4. The third kappa shape index (κ3) is 8.17. The quantitative estimate of drug-likeness (QED) is 0.123. The standard InChI is InChI=1S/C42H37F2N5O3S/c1-4-6-14-28(5-2)25-47(3)26-34-37-39(50)49(32-17-11-8-12-18-32)42(52)48(27-33-35(43)19-13-20-36(33)44)40(37)53-38(34)29-21-23-31(24-22-29)46-41(51)45-30-15-9-7-10-16-30/h4-24H,1,25-27H2,2-3H3,(H2,45,46,51)/b14-6-,28-5+. The van der Waals surface area contributed by atoms with Crippen molar-refractivity contribution in [3.63, 3.8) is 0 Å². The van der Waals surface area contributed by atoms with Crippen LogP contribution in [0.4, 0.5) is 25.0 Å². The van der Waals surface area contributed by atoms with E-state index in [9.17, 15) is 14.4 Å². The van der Waals surface area contributed by atoms with E-state index in [1.54, 1.807) is 60.7 Å². The number of aromatic nitrogens is 2. The molecule has 2 amide bonds. The lowest BCUT2D eigenvalue weighted by Crippen LogP contribution is -2.39. The van der Waals surface area contributed by atoms with Crippen LogP contribution >= 0.6 is 11.3 Å². The fourth-order valence-electron chi connectivity index (χ4n) is 6.03. The highest BCUT2D eigenvalue weighted by atomic mass is 32.1. The normalized spacial score (nSPS) is 11.8. The first kappa shape index (κ1) is 36.6. The number of fused-ring (bicyclic) bond motifs is 1. The molecule has 0 bridgehead atoms. The second kappa shape index (κ2) is 16.4. The van der Waals surface area contributed by atoms with Crippen LogP contribution in [0.5, 0.6) is 0 Å². The van der Waals surface area contributed by atoms with Crippen LogP contribution in [-0.4, -0.2) is 33.7 Å². The molecule has 0 fully saturated rings. The SMILES string of the molecule is C=C/C=C\C(=C/C)CN(C)Cc1c(-c2ccc(NC(=O)Nc3ccccc3)cc2)sc2c1c(=O)n(-c1ccccc1)c(=O)n2Cc1c(F)cccc1F. The maximum absolute atomic E-state index is 15.1. The van der Waals surface area contributed by atoms with E-state index in [2.05, 4.69) is 22.1 Å². The summed E-state index contributed by atoms with van der Waals surface area (Å²) < 4.78 is 32.5. The molecule has 0 radical (unpaired) electrons. The highest BCUT2D eigenvalue weighted by molar-refractivity contribution is 7.22. The number of hydrogen-bond donors (Lipinski definition) is 2. The zero-order valence-electron chi connectivity index (χ0n) is 29.2. The third-order valence-electron chi connectivity index (χ3n) is 8.60. The van der Waals surface area contributed by atoms with Gasteiger partial charge >= 0.3 is 11.7 Å². The van der Waals surface area contributed by atoms with E-state index in [1.807, 2.05) is 62.5 Å². The Balaban J connectivity index is 1.52. The molecule has 0 aliphatic carbocycles. The summed E-state index contributed by atoms with van der Waals surface area (Å²) in [5.41, 5.74) is 2.34. The molecule has 6 aromatic rings. The average Bonchev–Trinajstić information content (AvgIpc) is 3.52. The third-order valence-corrected chi connectivity index (χ3v) is 9.90. The number of anilines is 2. The predicted molar refractivity (Wildman–Crippen MR) is 211 cm³/mol. The zero-order chi connectivity index (χ0) is 37.5. The molecule has 6 rings (SSSR count). The number of halogens is 2. The Bertz CT molecular complexity index is 2430. The molecule has 2 heterocycles. The van der Waals surface area contributed by atoms with Crippen molar-refractivity contribution < 1.29 is 13.6 Å². The van der Waals surface area contributed by atoms with Crippen molar-refractivity contribution in [2.24, 2.45) is 0 Å². The first-order chi connectivity index (χ1) is 25.7.